The number of rotatable bonds is 5. The second-order valence-corrected chi connectivity index (χ2v) is 5.34. The van der Waals surface area contributed by atoms with Crippen LogP contribution in [0.2, 0.25) is 0 Å². The van der Waals surface area contributed by atoms with Gasteiger partial charge in [0.05, 0.1) is 11.0 Å². The van der Waals surface area contributed by atoms with Crippen LogP contribution in [0.5, 0.6) is 0 Å². The lowest BCUT2D eigenvalue weighted by Gasteiger charge is -2.21. The van der Waals surface area contributed by atoms with Gasteiger partial charge in [-0.2, -0.15) is 0 Å². The van der Waals surface area contributed by atoms with Crippen molar-refractivity contribution in [3.05, 3.63) is 29.3 Å². The zero-order chi connectivity index (χ0) is 16.2. The van der Waals surface area contributed by atoms with Gasteiger partial charge in [-0.05, 0) is 38.5 Å². The van der Waals surface area contributed by atoms with Gasteiger partial charge < -0.3 is 21.5 Å². The Balaban J connectivity index is 2.74. The first-order chi connectivity index (χ1) is 9.65. The van der Waals surface area contributed by atoms with Crippen LogP contribution >= 0.6 is 0 Å². The van der Waals surface area contributed by atoms with Crippen molar-refractivity contribution in [2.45, 2.75) is 20.8 Å². The molecule has 0 unspecified atom stereocenters. The molecule has 5 N–H and O–H groups in total. The van der Waals surface area contributed by atoms with Crippen molar-refractivity contribution < 1.29 is 19.5 Å². The quantitative estimate of drug-likeness (QED) is 0.654. The summed E-state index contributed by atoms with van der Waals surface area (Å²) in [6.07, 6.45) is 0. The predicted octanol–water partition coefficient (Wildman–Crippen LogP) is 1.33. The van der Waals surface area contributed by atoms with E-state index in [1.807, 2.05) is 0 Å². The number of urea groups is 1. The number of carbonyl (C=O) groups is 3. The molecule has 7 nitrogen and oxygen atoms in total. The van der Waals surface area contributed by atoms with Gasteiger partial charge in [-0.25, -0.2) is 9.59 Å². The highest BCUT2D eigenvalue weighted by Crippen LogP contribution is 2.19. The lowest BCUT2D eigenvalue weighted by molar-refractivity contribution is -0.125. The summed E-state index contributed by atoms with van der Waals surface area (Å²) in [6.45, 7) is 4.91. The molecule has 0 fully saturated rings. The molecule has 0 heterocycles. The number of amides is 3. The normalized spacial score (nSPS) is 10.8. The van der Waals surface area contributed by atoms with Crippen LogP contribution in [0.1, 0.15) is 29.8 Å². The Labute approximate surface area is 122 Å². The fourth-order valence-corrected chi connectivity index (χ4v) is 1.56. The minimum atomic E-state index is -1.06. The Morgan fingerprint density at radius 1 is 1.29 bits per heavy atom. The molecule has 1 aromatic carbocycles. The fraction of sp³-hybridized carbons (Fsp3) is 0.357. The maximum Gasteiger partial charge on any atom is 0.336 e. The Morgan fingerprint density at radius 2 is 1.90 bits per heavy atom. The van der Waals surface area contributed by atoms with E-state index in [9.17, 15) is 14.4 Å². The van der Waals surface area contributed by atoms with Crippen molar-refractivity contribution in [1.82, 2.24) is 5.32 Å². The Morgan fingerprint density at radius 3 is 2.43 bits per heavy atom. The van der Waals surface area contributed by atoms with E-state index in [0.29, 0.717) is 11.3 Å². The van der Waals surface area contributed by atoms with Crippen molar-refractivity contribution in [2.75, 3.05) is 11.9 Å². The standard InChI is InChI=1S/C14H19N3O4/c1-8-9(11(18)19)5-4-6-10(8)17-13(21)16-7-14(2,3)12(15)20/h4-6H,7H2,1-3H3,(H2,15,20)(H,18,19)(H2,16,17,21). The van der Waals surface area contributed by atoms with Crippen molar-refractivity contribution >= 4 is 23.6 Å². The van der Waals surface area contributed by atoms with E-state index in [4.69, 9.17) is 10.8 Å². The van der Waals surface area contributed by atoms with Gasteiger partial charge in [-0.1, -0.05) is 6.07 Å². The summed E-state index contributed by atoms with van der Waals surface area (Å²) < 4.78 is 0. The number of aromatic carboxylic acids is 1. The number of nitrogens with two attached hydrogens (primary N) is 1. The summed E-state index contributed by atoms with van der Waals surface area (Å²) in [5.41, 5.74) is 5.31. The van der Waals surface area contributed by atoms with Crippen LogP contribution in [0.4, 0.5) is 10.5 Å². The molecule has 3 amide bonds. The summed E-state index contributed by atoms with van der Waals surface area (Å²) >= 11 is 0. The second-order valence-electron chi connectivity index (χ2n) is 5.34. The maximum absolute atomic E-state index is 11.8. The van der Waals surface area contributed by atoms with Gasteiger partial charge in [0, 0.05) is 12.2 Å². The van der Waals surface area contributed by atoms with Crippen LogP contribution in [0.15, 0.2) is 18.2 Å². The summed E-state index contributed by atoms with van der Waals surface area (Å²) in [4.78, 5) is 34.0. The Hall–Kier alpha value is -2.57. The molecule has 0 saturated heterocycles. The molecule has 0 aliphatic heterocycles. The highest BCUT2D eigenvalue weighted by molar-refractivity contribution is 5.95. The molecular formula is C14H19N3O4. The second kappa shape index (κ2) is 6.25. The molecule has 0 radical (unpaired) electrons. The molecule has 0 bridgehead atoms. The number of nitrogens with one attached hydrogen (secondary N) is 2. The van der Waals surface area contributed by atoms with E-state index < -0.39 is 23.3 Å². The summed E-state index contributed by atoms with van der Waals surface area (Å²) in [5, 5.41) is 14.1. The van der Waals surface area contributed by atoms with E-state index in [1.165, 1.54) is 6.07 Å². The molecule has 7 heteroatoms. The fourth-order valence-electron chi connectivity index (χ4n) is 1.56. The van der Waals surface area contributed by atoms with Crippen molar-refractivity contribution in [3.8, 4) is 0 Å². The highest BCUT2D eigenvalue weighted by atomic mass is 16.4. The zero-order valence-corrected chi connectivity index (χ0v) is 12.2. The van der Waals surface area contributed by atoms with E-state index >= 15 is 0 Å². The summed E-state index contributed by atoms with van der Waals surface area (Å²) in [5.74, 6) is -1.58. The predicted molar refractivity (Wildman–Crippen MR) is 78.1 cm³/mol. The molecule has 0 aliphatic rings. The Kier molecular flexibility index (Phi) is 4.91. The van der Waals surface area contributed by atoms with Crippen LogP contribution in [0.25, 0.3) is 0 Å². The first-order valence-corrected chi connectivity index (χ1v) is 6.33. The van der Waals surface area contributed by atoms with Crippen LogP contribution in [-0.4, -0.2) is 29.6 Å². The average Bonchev–Trinajstić information content (AvgIpc) is 2.38. The number of carboxylic acid groups (broad SMARTS) is 1. The van der Waals surface area contributed by atoms with Gasteiger partial charge in [0.1, 0.15) is 0 Å². The SMILES string of the molecule is Cc1c(NC(=O)NCC(C)(C)C(N)=O)cccc1C(=O)O. The van der Waals surface area contributed by atoms with E-state index in [1.54, 1.807) is 32.9 Å². The molecule has 1 aromatic rings. The van der Waals surface area contributed by atoms with E-state index in [-0.39, 0.29) is 12.1 Å². The van der Waals surface area contributed by atoms with Gasteiger partial charge in [0.15, 0.2) is 0 Å². The lowest BCUT2D eigenvalue weighted by atomic mass is 9.93. The van der Waals surface area contributed by atoms with E-state index in [0.717, 1.165) is 0 Å². The zero-order valence-electron chi connectivity index (χ0n) is 12.2. The number of primary amides is 1. The number of carbonyl (C=O) groups excluding carboxylic acids is 2. The maximum atomic E-state index is 11.8. The van der Waals surface area contributed by atoms with Crippen LogP contribution in [0.3, 0.4) is 0 Å². The highest BCUT2D eigenvalue weighted by Gasteiger charge is 2.25. The van der Waals surface area contributed by atoms with Crippen LogP contribution < -0.4 is 16.4 Å². The number of hydrogen-bond acceptors (Lipinski definition) is 3. The molecule has 114 valence electrons. The van der Waals surface area contributed by atoms with Gasteiger partial charge >= 0.3 is 12.0 Å². The van der Waals surface area contributed by atoms with Gasteiger partial charge in [0.25, 0.3) is 0 Å². The molecular weight excluding hydrogens is 274 g/mol. The number of benzene rings is 1. The molecule has 21 heavy (non-hydrogen) atoms. The topological polar surface area (TPSA) is 122 Å². The molecule has 0 saturated carbocycles. The summed E-state index contributed by atoms with van der Waals surface area (Å²) in [7, 11) is 0. The van der Waals surface area contributed by atoms with Crippen LogP contribution in [-0.2, 0) is 4.79 Å². The minimum Gasteiger partial charge on any atom is -0.478 e. The number of hydrogen-bond donors (Lipinski definition) is 4. The van der Waals surface area contributed by atoms with Crippen LogP contribution in [0, 0.1) is 12.3 Å². The third-order valence-corrected chi connectivity index (χ3v) is 3.17. The number of carboxylic acids is 1. The molecule has 0 atom stereocenters. The molecule has 0 spiro atoms. The van der Waals surface area contributed by atoms with Gasteiger partial charge in [-0.15, -0.1) is 0 Å². The van der Waals surface area contributed by atoms with Gasteiger partial charge in [-0.3, -0.25) is 4.79 Å². The Bertz CT molecular complexity index is 582. The molecule has 1 rings (SSSR count). The van der Waals surface area contributed by atoms with E-state index in [2.05, 4.69) is 10.6 Å². The average molecular weight is 293 g/mol. The smallest absolute Gasteiger partial charge is 0.336 e. The monoisotopic (exact) mass is 293 g/mol. The summed E-state index contributed by atoms with van der Waals surface area (Å²) in [6, 6.07) is 4.06. The van der Waals surface area contributed by atoms with Crippen molar-refractivity contribution in [1.29, 1.82) is 0 Å². The lowest BCUT2D eigenvalue weighted by Crippen LogP contribution is -2.43. The van der Waals surface area contributed by atoms with Gasteiger partial charge in [0.2, 0.25) is 5.91 Å². The third kappa shape index (κ3) is 4.20. The largest absolute Gasteiger partial charge is 0.478 e. The molecule has 0 aromatic heterocycles. The number of anilines is 1. The first-order valence-electron chi connectivity index (χ1n) is 6.33. The molecule has 0 aliphatic carbocycles. The first kappa shape index (κ1) is 16.5. The third-order valence-electron chi connectivity index (χ3n) is 3.17. The van der Waals surface area contributed by atoms with Crippen molar-refractivity contribution in [3.63, 3.8) is 0 Å². The van der Waals surface area contributed by atoms with Crippen molar-refractivity contribution in [2.24, 2.45) is 11.1 Å². The minimum absolute atomic E-state index is 0.0752.